The Labute approximate surface area is 120 Å². The highest BCUT2D eigenvalue weighted by Crippen LogP contribution is 2.31. The lowest BCUT2D eigenvalue weighted by molar-refractivity contribution is -0.145. The van der Waals surface area contributed by atoms with Gasteiger partial charge in [-0.1, -0.05) is 55.5 Å². The highest BCUT2D eigenvalue weighted by atomic mass is 79.9. The molecule has 0 N–H and O–H groups in total. The molecular weight excluding hydrogens is 348 g/mol. The van der Waals surface area contributed by atoms with Crippen molar-refractivity contribution in [3.8, 4) is 23.7 Å². The Morgan fingerprint density at radius 2 is 1.29 bits per heavy atom. The van der Waals surface area contributed by atoms with E-state index in [0.29, 0.717) is 23.5 Å². The summed E-state index contributed by atoms with van der Waals surface area (Å²) in [5, 5.41) is 1.38. The van der Waals surface area contributed by atoms with Gasteiger partial charge in [-0.15, -0.1) is 0 Å². The molecule has 0 amide bonds. The van der Waals surface area contributed by atoms with Crippen LogP contribution in [0.25, 0.3) is 0 Å². The predicted molar refractivity (Wildman–Crippen MR) is 76.2 cm³/mol. The molecule has 4 heteroatoms. The Kier molecular flexibility index (Phi) is 6.59. The monoisotopic (exact) mass is 362 g/mol. The average molecular weight is 364 g/mol. The molecular formula is C13H16Br2O2. The standard InChI is InChI=1S/C13H16Br2O2/c1-13(2)16-11(7-3-5-9-14)12(17-13)8-4-6-10-15/h11-12H,7-10H2,1-2H3/t11-,12-/m0/s1. The van der Waals surface area contributed by atoms with E-state index >= 15 is 0 Å². The number of hydrogen-bond donors (Lipinski definition) is 0. The highest BCUT2D eigenvalue weighted by molar-refractivity contribution is 9.09. The molecule has 1 heterocycles. The van der Waals surface area contributed by atoms with Gasteiger partial charge >= 0.3 is 0 Å². The third kappa shape index (κ3) is 5.44. The second-order valence-corrected chi connectivity index (χ2v) is 5.22. The van der Waals surface area contributed by atoms with Gasteiger partial charge in [0.25, 0.3) is 0 Å². The molecule has 1 rings (SSSR count). The van der Waals surface area contributed by atoms with Crippen LogP contribution in [0.3, 0.4) is 0 Å². The first-order valence-corrected chi connectivity index (χ1v) is 7.72. The Balaban J connectivity index is 2.57. The fourth-order valence-electron chi connectivity index (χ4n) is 1.69. The molecule has 1 saturated heterocycles. The van der Waals surface area contributed by atoms with Crippen LogP contribution < -0.4 is 0 Å². The summed E-state index contributed by atoms with van der Waals surface area (Å²) in [6, 6.07) is 0. The zero-order valence-electron chi connectivity index (χ0n) is 10.1. The molecule has 2 atom stereocenters. The van der Waals surface area contributed by atoms with Crippen LogP contribution in [0.5, 0.6) is 0 Å². The van der Waals surface area contributed by atoms with Crippen molar-refractivity contribution in [2.24, 2.45) is 0 Å². The van der Waals surface area contributed by atoms with Crippen LogP contribution in [0.1, 0.15) is 26.7 Å². The van der Waals surface area contributed by atoms with Crippen molar-refractivity contribution >= 4 is 31.9 Å². The Morgan fingerprint density at radius 3 is 1.65 bits per heavy atom. The summed E-state index contributed by atoms with van der Waals surface area (Å²) in [6.45, 7) is 3.85. The molecule has 0 radical (unpaired) electrons. The molecule has 2 nitrogen and oxygen atoms in total. The van der Waals surface area contributed by atoms with Crippen molar-refractivity contribution in [3.05, 3.63) is 0 Å². The van der Waals surface area contributed by atoms with Crippen LogP contribution in [0.2, 0.25) is 0 Å². The van der Waals surface area contributed by atoms with Crippen LogP contribution >= 0.6 is 31.9 Å². The fraction of sp³-hybridized carbons (Fsp3) is 0.692. The van der Waals surface area contributed by atoms with Gasteiger partial charge in [0.2, 0.25) is 0 Å². The van der Waals surface area contributed by atoms with Crippen molar-refractivity contribution in [2.45, 2.75) is 44.7 Å². The summed E-state index contributed by atoms with van der Waals surface area (Å²) in [7, 11) is 0. The zero-order chi connectivity index (χ0) is 12.7. The van der Waals surface area contributed by atoms with Gasteiger partial charge in [0, 0.05) is 12.8 Å². The minimum atomic E-state index is -0.526. The molecule has 0 aliphatic carbocycles. The molecule has 0 bridgehead atoms. The number of hydrogen-bond acceptors (Lipinski definition) is 2. The van der Waals surface area contributed by atoms with E-state index < -0.39 is 5.79 Å². The lowest BCUT2D eigenvalue weighted by atomic mass is 10.1. The largest absolute Gasteiger partial charge is 0.344 e. The zero-order valence-corrected chi connectivity index (χ0v) is 13.2. The molecule has 1 fully saturated rings. The third-order valence-electron chi connectivity index (χ3n) is 2.28. The Hall–Kier alpha value is -0.0000000000000000208. The summed E-state index contributed by atoms with van der Waals surface area (Å²) >= 11 is 6.55. The van der Waals surface area contributed by atoms with Crippen LogP contribution in [-0.4, -0.2) is 28.7 Å². The minimum Gasteiger partial charge on any atom is -0.344 e. The molecule has 0 aromatic rings. The smallest absolute Gasteiger partial charge is 0.163 e. The normalized spacial score (nSPS) is 25.6. The molecule has 0 unspecified atom stereocenters. The van der Waals surface area contributed by atoms with Crippen LogP contribution in [0, 0.1) is 23.7 Å². The molecule has 17 heavy (non-hydrogen) atoms. The van der Waals surface area contributed by atoms with Crippen molar-refractivity contribution in [3.63, 3.8) is 0 Å². The molecule has 0 spiro atoms. The molecule has 0 aromatic heterocycles. The highest BCUT2D eigenvalue weighted by Gasteiger charge is 2.40. The minimum absolute atomic E-state index is 0.0150. The Morgan fingerprint density at radius 1 is 0.882 bits per heavy atom. The SMILES string of the molecule is CC1(C)O[C@@H](CC#CCBr)[C@H](CC#CCBr)O1. The number of rotatable bonds is 2. The summed E-state index contributed by atoms with van der Waals surface area (Å²) in [5.74, 6) is 11.6. The topological polar surface area (TPSA) is 18.5 Å². The van der Waals surface area contributed by atoms with Crippen molar-refractivity contribution in [1.82, 2.24) is 0 Å². The van der Waals surface area contributed by atoms with Gasteiger partial charge < -0.3 is 9.47 Å². The Bertz CT molecular complexity index is 323. The molecule has 0 aromatic carbocycles. The van der Waals surface area contributed by atoms with Crippen LogP contribution in [0.4, 0.5) is 0 Å². The van der Waals surface area contributed by atoms with Gasteiger partial charge in [-0.3, -0.25) is 0 Å². The first-order chi connectivity index (χ1) is 8.09. The number of ether oxygens (including phenoxy) is 2. The maximum absolute atomic E-state index is 5.82. The molecule has 0 saturated carbocycles. The molecule has 1 aliphatic rings. The van der Waals surface area contributed by atoms with Gasteiger partial charge in [-0.05, 0) is 13.8 Å². The maximum atomic E-state index is 5.82. The maximum Gasteiger partial charge on any atom is 0.163 e. The van der Waals surface area contributed by atoms with E-state index in [1.165, 1.54) is 0 Å². The van der Waals surface area contributed by atoms with E-state index in [9.17, 15) is 0 Å². The quantitative estimate of drug-likeness (QED) is 0.554. The first-order valence-electron chi connectivity index (χ1n) is 5.48. The second-order valence-electron chi connectivity index (χ2n) is 4.10. The van der Waals surface area contributed by atoms with Gasteiger partial charge in [-0.2, -0.15) is 0 Å². The summed E-state index contributed by atoms with van der Waals surface area (Å²) in [5.41, 5.74) is 0. The molecule has 94 valence electrons. The van der Waals surface area contributed by atoms with Gasteiger partial charge in [0.15, 0.2) is 5.79 Å². The molecule has 1 aliphatic heterocycles. The van der Waals surface area contributed by atoms with Gasteiger partial charge in [0.05, 0.1) is 22.9 Å². The van der Waals surface area contributed by atoms with E-state index in [1.54, 1.807) is 0 Å². The van der Waals surface area contributed by atoms with Crippen molar-refractivity contribution in [2.75, 3.05) is 10.7 Å². The number of alkyl halides is 2. The summed E-state index contributed by atoms with van der Waals surface area (Å²) in [4.78, 5) is 0. The van der Waals surface area contributed by atoms with E-state index in [4.69, 9.17) is 9.47 Å². The summed E-state index contributed by atoms with van der Waals surface area (Å²) < 4.78 is 11.6. The number of halogens is 2. The van der Waals surface area contributed by atoms with E-state index in [-0.39, 0.29) is 12.2 Å². The van der Waals surface area contributed by atoms with E-state index in [0.717, 1.165) is 0 Å². The summed E-state index contributed by atoms with van der Waals surface area (Å²) in [6.07, 6.45) is 1.41. The van der Waals surface area contributed by atoms with Crippen molar-refractivity contribution < 1.29 is 9.47 Å². The fourth-order valence-corrected chi connectivity index (χ4v) is 2.09. The van der Waals surface area contributed by atoms with Crippen LogP contribution in [0.15, 0.2) is 0 Å². The third-order valence-corrected chi connectivity index (χ3v) is 2.84. The van der Waals surface area contributed by atoms with E-state index in [1.807, 2.05) is 13.8 Å². The average Bonchev–Trinajstić information content (AvgIpc) is 2.54. The first kappa shape index (κ1) is 15.1. The second kappa shape index (κ2) is 7.44. The lowest BCUT2D eigenvalue weighted by Gasteiger charge is -2.16. The van der Waals surface area contributed by atoms with Gasteiger partial charge in [-0.25, -0.2) is 0 Å². The van der Waals surface area contributed by atoms with Crippen LogP contribution in [-0.2, 0) is 9.47 Å². The lowest BCUT2D eigenvalue weighted by Crippen LogP contribution is -2.21. The van der Waals surface area contributed by atoms with E-state index in [2.05, 4.69) is 55.5 Å². The van der Waals surface area contributed by atoms with Gasteiger partial charge in [0.1, 0.15) is 0 Å². The van der Waals surface area contributed by atoms with Crippen molar-refractivity contribution in [1.29, 1.82) is 0 Å². The predicted octanol–water partition coefficient (Wildman–Crippen LogP) is 3.08.